The van der Waals surface area contributed by atoms with Crippen LogP contribution in [0.5, 0.6) is 0 Å². The van der Waals surface area contributed by atoms with Crippen LogP contribution in [0, 0.1) is 11.6 Å². The lowest BCUT2D eigenvalue weighted by Crippen LogP contribution is -2.33. The van der Waals surface area contributed by atoms with E-state index in [1.807, 2.05) is 12.1 Å². The van der Waals surface area contributed by atoms with E-state index < -0.39 is 11.6 Å². The topological polar surface area (TPSA) is 33.2 Å². The zero-order valence-corrected chi connectivity index (χ0v) is 12.7. The molecule has 0 spiro atoms. The normalized spacial score (nSPS) is 13.8. The molecule has 1 aromatic heterocycles. The lowest BCUT2D eigenvalue weighted by atomic mass is 10.1. The fourth-order valence-electron chi connectivity index (χ4n) is 2.58. The summed E-state index contributed by atoms with van der Waals surface area (Å²) < 4.78 is 26.8. The van der Waals surface area contributed by atoms with Gasteiger partial charge in [-0.05, 0) is 37.0 Å². The maximum Gasteiger partial charge on any atom is 0.223 e. The van der Waals surface area contributed by atoms with Crippen LogP contribution < -0.4 is 0 Å². The zero-order chi connectivity index (χ0) is 16.2. The molecule has 0 bridgehead atoms. The highest BCUT2D eigenvalue weighted by molar-refractivity contribution is 5.77. The van der Waals surface area contributed by atoms with Crippen molar-refractivity contribution in [2.45, 2.75) is 38.3 Å². The monoisotopic (exact) mass is 316 g/mol. The zero-order valence-electron chi connectivity index (χ0n) is 12.7. The average Bonchev–Trinajstić information content (AvgIpc) is 3.38. The lowest BCUT2D eigenvalue weighted by Gasteiger charge is -2.23. The van der Waals surface area contributed by atoms with E-state index in [4.69, 9.17) is 0 Å². The predicted molar refractivity (Wildman–Crippen MR) is 82.5 cm³/mol. The van der Waals surface area contributed by atoms with Gasteiger partial charge in [0.05, 0.1) is 0 Å². The average molecular weight is 316 g/mol. The van der Waals surface area contributed by atoms with E-state index in [1.165, 1.54) is 12.1 Å². The van der Waals surface area contributed by atoms with Gasteiger partial charge in [-0.25, -0.2) is 8.78 Å². The highest BCUT2D eigenvalue weighted by atomic mass is 19.1. The van der Waals surface area contributed by atoms with Crippen LogP contribution in [0.3, 0.4) is 0 Å². The smallest absolute Gasteiger partial charge is 0.223 e. The van der Waals surface area contributed by atoms with E-state index in [0.29, 0.717) is 18.4 Å². The molecule has 1 aromatic carbocycles. The third kappa shape index (κ3) is 4.12. The maximum atomic E-state index is 13.8. The molecule has 120 valence electrons. The first-order chi connectivity index (χ1) is 11.1. The number of nitrogens with zero attached hydrogens (tertiary/aromatic N) is 2. The summed E-state index contributed by atoms with van der Waals surface area (Å²) in [5.41, 5.74) is 1.36. The summed E-state index contributed by atoms with van der Waals surface area (Å²) in [5, 5.41) is 0. The summed E-state index contributed by atoms with van der Waals surface area (Å²) >= 11 is 0. The molecule has 1 aliphatic rings. The highest BCUT2D eigenvalue weighted by Crippen LogP contribution is 2.29. The Labute approximate surface area is 134 Å². The second-order valence-electron chi connectivity index (χ2n) is 5.85. The molecule has 3 rings (SSSR count). The van der Waals surface area contributed by atoms with Crippen molar-refractivity contribution >= 4 is 5.91 Å². The number of pyridine rings is 1. The number of aryl methyl sites for hydroxylation is 1. The minimum atomic E-state index is -0.605. The summed E-state index contributed by atoms with van der Waals surface area (Å²) in [6.45, 7) is 0.197. The van der Waals surface area contributed by atoms with Crippen LogP contribution in [0.25, 0.3) is 0 Å². The molecule has 2 aromatic rings. The van der Waals surface area contributed by atoms with Crippen LogP contribution in [-0.2, 0) is 17.8 Å². The number of carbonyl (C=O) groups is 1. The number of hydrogen-bond acceptors (Lipinski definition) is 2. The largest absolute Gasteiger partial charge is 0.335 e. The van der Waals surface area contributed by atoms with Crippen molar-refractivity contribution < 1.29 is 13.6 Å². The molecule has 0 aliphatic heterocycles. The summed E-state index contributed by atoms with van der Waals surface area (Å²) in [6.07, 6.45) is 6.31. The molecular formula is C18H18F2N2O. The van der Waals surface area contributed by atoms with Crippen LogP contribution in [0.2, 0.25) is 0 Å². The number of aromatic nitrogens is 1. The first-order valence-corrected chi connectivity index (χ1v) is 7.76. The van der Waals surface area contributed by atoms with Gasteiger partial charge >= 0.3 is 0 Å². The Kier molecular flexibility index (Phi) is 4.65. The Bertz CT molecular complexity index is 687. The summed E-state index contributed by atoms with van der Waals surface area (Å²) in [7, 11) is 0. The number of hydrogen-bond donors (Lipinski definition) is 0. The number of amides is 1. The number of carbonyl (C=O) groups excluding carboxylic acids is 1. The van der Waals surface area contributed by atoms with Gasteiger partial charge in [0.15, 0.2) is 0 Å². The Hall–Kier alpha value is -2.30. The minimum absolute atomic E-state index is 0.0000723. The van der Waals surface area contributed by atoms with Crippen molar-refractivity contribution in [3.8, 4) is 0 Å². The fraction of sp³-hybridized carbons (Fsp3) is 0.333. The lowest BCUT2D eigenvalue weighted by molar-refractivity contribution is -0.132. The Morgan fingerprint density at radius 2 is 2.09 bits per heavy atom. The van der Waals surface area contributed by atoms with Gasteiger partial charge in [-0.1, -0.05) is 12.1 Å². The van der Waals surface area contributed by atoms with E-state index in [1.54, 1.807) is 17.3 Å². The summed E-state index contributed by atoms with van der Waals surface area (Å²) in [5.74, 6) is -1.21. The van der Waals surface area contributed by atoms with Gasteiger partial charge in [0.1, 0.15) is 11.6 Å². The van der Waals surface area contributed by atoms with Gasteiger partial charge in [0.2, 0.25) is 5.91 Å². The van der Waals surface area contributed by atoms with Gasteiger partial charge in [-0.15, -0.1) is 0 Å². The first-order valence-electron chi connectivity index (χ1n) is 7.76. The van der Waals surface area contributed by atoms with E-state index in [2.05, 4.69) is 4.98 Å². The van der Waals surface area contributed by atoms with Crippen molar-refractivity contribution in [2.75, 3.05) is 0 Å². The molecule has 1 aliphatic carbocycles. The van der Waals surface area contributed by atoms with Crippen molar-refractivity contribution in [2.24, 2.45) is 0 Å². The third-order valence-corrected chi connectivity index (χ3v) is 4.01. The molecule has 1 heterocycles. The maximum absolute atomic E-state index is 13.8. The van der Waals surface area contributed by atoms with Crippen LogP contribution in [0.1, 0.15) is 30.4 Å². The van der Waals surface area contributed by atoms with E-state index in [9.17, 15) is 13.6 Å². The minimum Gasteiger partial charge on any atom is -0.335 e. The molecule has 0 N–H and O–H groups in total. The standard InChI is InChI=1S/C18H18F2N2O/c19-15-5-4-14(17(20)10-15)12-22(16-6-7-16)18(23)8-3-13-2-1-9-21-11-13/h1-2,4-5,9-11,16H,3,6-8,12H2. The molecule has 5 heteroatoms. The Balaban J connectivity index is 1.65. The van der Waals surface area contributed by atoms with Crippen LogP contribution in [-0.4, -0.2) is 21.8 Å². The van der Waals surface area contributed by atoms with Gasteiger partial charge in [-0.2, -0.15) is 0 Å². The highest BCUT2D eigenvalue weighted by Gasteiger charge is 2.32. The number of rotatable bonds is 6. The molecule has 0 unspecified atom stereocenters. The molecule has 1 fully saturated rings. The quantitative estimate of drug-likeness (QED) is 0.817. The molecule has 0 atom stereocenters. The van der Waals surface area contributed by atoms with Gasteiger partial charge < -0.3 is 4.90 Å². The summed E-state index contributed by atoms with van der Waals surface area (Å²) in [6, 6.07) is 7.45. The second-order valence-corrected chi connectivity index (χ2v) is 5.85. The molecule has 3 nitrogen and oxygen atoms in total. The molecule has 1 saturated carbocycles. The number of benzene rings is 1. The van der Waals surface area contributed by atoms with Gasteiger partial charge in [0, 0.05) is 43.0 Å². The van der Waals surface area contributed by atoms with Crippen LogP contribution in [0.4, 0.5) is 8.78 Å². The number of halogens is 2. The second kappa shape index (κ2) is 6.86. The van der Waals surface area contributed by atoms with Gasteiger partial charge in [-0.3, -0.25) is 9.78 Å². The third-order valence-electron chi connectivity index (χ3n) is 4.01. The molecule has 23 heavy (non-hydrogen) atoms. The van der Waals surface area contributed by atoms with Crippen molar-refractivity contribution in [1.82, 2.24) is 9.88 Å². The molecular weight excluding hydrogens is 298 g/mol. The van der Waals surface area contributed by atoms with E-state index in [-0.39, 0.29) is 18.5 Å². The van der Waals surface area contributed by atoms with E-state index >= 15 is 0 Å². The SMILES string of the molecule is O=C(CCc1cccnc1)N(Cc1ccc(F)cc1F)C1CC1. The Morgan fingerprint density at radius 1 is 1.26 bits per heavy atom. The van der Waals surface area contributed by atoms with E-state index in [0.717, 1.165) is 24.5 Å². The van der Waals surface area contributed by atoms with Gasteiger partial charge in [0.25, 0.3) is 0 Å². The molecule has 1 amide bonds. The van der Waals surface area contributed by atoms with Crippen molar-refractivity contribution in [3.63, 3.8) is 0 Å². The van der Waals surface area contributed by atoms with Crippen LogP contribution >= 0.6 is 0 Å². The predicted octanol–water partition coefficient (Wildman–Crippen LogP) is 3.48. The molecule has 0 radical (unpaired) electrons. The van der Waals surface area contributed by atoms with Crippen molar-refractivity contribution in [3.05, 3.63) is 65.5 Å². The summed E-state index contributed by atoms with van der Waals surface area (Å²) in [4.78, 5) is 18.2. The molecule has 0 saturated heterocycles. The fourth-order valence-corrected chi connectivity index (χ4v) is 2.58. The Morgan fingerprint density at radius 3 is 2.74 bits per heavy atom. The van der Waals surface area contributed by atoms with Crippen LogP contribution in [0.15, 0.2) is 42.7 Å². The van der Waals surface area contributed by atoms with Crippen molar-refractivity contribution in [1.29, 1.82) is 0 Å². The first kappa shape index (κ1) is 15.6.